The lowest BCUT2D eigenvalue weighted by molar-refractivity contribution is 0.0632. The summed E-state index contributed by atoms with van der Waals surface area (Å²) >= 11 is 6.63. The maximum atomic E-state index is 13.5. The number of anilines is 1. The Morgan fingerprint density at radius 2 is 2.09 bits per heavy atom. The fourth-order valence-corrected chi connectivity index (χ4v) is 6.30. The molecular formula is C25H28ClN5O3. The Morgan fingerprint density at radius 1 is 1.24 bits per heavy atom. The number of aromatic nitrogens is 2. The van der Waals surface area contributed by atoms with Crippen molar-refractivity contribution in [2.45, 2.75) is 57.0 Å². The number of carbonyl (C=O) groups excluding carboxylic acids is 2. The number of imidazole rings is 1. The van der Waals surface area contributed by atoms with Crippen molar-refractivity contribution in [2.24, 2.45) is 5.92 Å². The number of nitrogens with zero attached hydrogens (tertiary/aromatic N) is 3. The molecule has 3 amide bonds. The lowest BCUT2D eigenvalue weighted by atomic mass is 9.74. The molecular weight excluding hydrogens is 454 g/mol. The predicted octanol–water partition coefficient (Wildman–Crippen LogP) is 5.13. The second-order valence-corrected chi connectivity index (χ2v) is 10.3. The highest BCUT2D eigenvalue weighted by molar-refractivity contribution is 6.35. The Hall–Kier alpha value is -3.00. The van der Waals surface area contributed by atoms with Crippen LogP contribution in [0.15, 0.2) is 35.3 Å². The number of hydrogen-bond acceptors (Lipinski definition) is 4. The molecule has 2 fully saturated rings. The molecule has 4 heterocycles. The summed E-state index contributed by atoms with van der Waals surface area (Å²) in [5, 5.41) is 7.31. The maximum absolute atomic E-state index is 13.5. The minimum absolute atomic E-state index is 0.0955. The van der Waals surface area contributed by atoms with Crippen LogP contribution in [0.25, 0.3) is 11.0 Å². The van der Waals surface area contributed by atoms with Crippen LogP contribution in [0.1, 0.15) is 61.1 Å². The van der Waals surface area contributed by atoms with Gasteiger partial charge in [0.1, 0.15) is 5.58 Å². The van der Waals surface area contributed by atoms with Crippen molar-refractivity contribution < 1.29 is 14.0 Å². The molecule has 8 nitrogen and oxygen atoms in total. The number of carbonyl (C=O) groups is 2. The van der Waals surface area contributed by atoms with Gasteiger partial charge in [0.15, 0.2) is 5.76 Å². The maximum Gasteiger partial charge on any atom is 0.319 e. The Labute approximate surface area is 202 Å². The standard InChI is InChI=1S/C25H28ClN5O3/c26-18-11-17-12-19(23(32)31-9-4-5-16(14-31)13-30-10-8-27-15-30)34-22(17)20-21(18)28-24(33)29-25(20)6-2-1-3-7-25/h8,10-12,15-16H,1-7,9,13-14H2,(H2,28,29,33). The van der Waals surface area contributed by atoms with E-state index in [9.17, 15) is 9.59 Å². The molecule has 2 aromatic heterocycles. The van der Waals surface area contributed by atoms with E-state index in [1.165, 1.54) is 0 Å². The van der Waals surface area contributed by atoms with Crippen LogP contribution in [0, 0.1) is 5.92 Å². The summed E-state index contributed by atoms with van der Waals surface area (Å²) in [4.78, 5) is 32.0. The van der Waals surface area contributed by atoms with Crippen molar-refractivity contribution in [3.63, 3.8) is 0 Å². The molecule has 34 heavy (non-hydrogen) atoms. The molecule has 1 aromatic carbocycles. The first-order chi connectivity index (χ1) is 16.5. The summed E-state index contributed by atoms with van der Waals surface area (Å²) in [7, 11) is 0. The molecule has 1 aliphatic carbocycles. The first-order valence-electron chi connectivity index (χ1n) is 12.1. The van der Waals surface area contributed by atoms with E-state index in [-0.39, 0.29) is 11.9 Å². The van der Waals surface area contributed by atoms with Gasteiger partial charge in [-0.15, -0.1) is 0 Å². The molecule has 0 radical (unpaired) electrons. The molecule has 6 rings (SSSR count). The Morgan fingerprint density at radius 3 is 2.88 bits per heavy atom. The van der Waals surface area contributed by atoms with Gasteiger partial charge < -0.3 is 24.5 Å². The monoisotopic (exact) mass is 481 g/mol. The molecule has 2 aliphatic heterocycles. The Kier molecular flexibility index (Phi) is 5.28. The zero-order valence-corrected chi connectivity index (χ0v) is 19.7. The van der Waals surface area contributed by atoms with Crippen molar-refractivity contribution in [1.29, 1.82) is 0 Å². The minimum Gasteiger partial charge on any atom is -0.450 e. The number of nitrogens with one attached hydrogen (secondary N) is 2. The fraction of sp³-hybridized carbons (Fsp3) is 0.480. The SMILES string of the molecule is O=C1Nc2c(Cl)cc3cc(C(=O)N4CCCC(Cn5ccnc5)C4)oc3c2C2(CCCCC2)N1. The van der Waals surface area contributed by atoms with Gasteiger partial charge in [-0.1, -0.05) is 30.9 Å². The number of benzene rings is 1. The van der Waals surface area contributed by atoms with E-state index < -0.39 is 5.54 Å². The lowest BCUT2D eigenvalue weighted by Crippen LogP contribution is -2.52. The van der Waals surface area contributed by atoms with E-state index in [0.717, 1.165) is 69.0 Å². The molecule has 2 N–H and O–H groups in total. The zero-order valence-electron chi connectivity index (χ0n) is 19.0. The summed E-state index contributed by atoms with van der Waals surface area (Å²) in [6.45, 7) is 2.26. The van der Waals surface area contributed by atoms with E-state index in [1.807, 2.05) is 17.4 Å². The van der Waals surface area contributed by atoms with Gasteiger partial charge >= 0.3 is 6.03 Å². The van der Waals surface area contributed by atoms with Gasteiger partial charge in [-0.2, -0.15) is 0 Å². The average molecular weight is 482 g/mol. The molecule has 1 spiro atoms. The second-order valence-electron chi connectivity index (χ2n) is 9.88. The first kappa shape index (κ1) is 21.5. The van der Waals surface area contributed by atoms with Crippen LogP contribution >= 0.6 is 11.6 Å². The molecule has 1 saturated heterocycles. The van der Waals surface area contributed by atoms with Crippen LogP contribution in [-0.2, 0) is 12.1 Å². The van der Waals surface area contributed by atoms with Gasteiger partial charge in [-0.25, -0.2) is 9.78 Å². The third kappa shape index (κ3) is 3.64. The van der Waals surface area contributed by atoms with Crippen LogP contribution in [0.4, 0.5) is 10.5 Å². The first-order valence-corrected chi connectivity index (χ1v) is 12.5. The van der Waals surface area contributed by atoms with Crippen LogP contribution in [0.2, 0.25) is 5.02 Å². The number of hydrogen-bond donors (Lipinski definition) is 2. The largest absolute Gasteiger partial charge is 0.450 e. The summed E-state index contributed by atoms with van der Waals surface area (Å²) in [5.74, 6) is 0.607. The Balaban J connectivity index is 1.34. The zero-order chi connectivity index (χ0) is 23.3. The van der Waals surface area contributed by atoms with Gasteiger partial charge in [-0.05, 0) is 43.7 Å². The highest BCUT2D eigenvalue weighted by Crippen LogP contribution is 2.49. The molecule has 1 atom stereocenters. The molecule has 9 heteroatoms. The smallest absolute Gasteiger partial charge is 0.319 e. The van der Waals surface area contributed by atoms with Gasteiger partial charge in [0.05, 0.1) is 22.6 Å². The lowest BCUT2D eigenvalue weighted by Gasteiger charge is -2.42. The molecule has 1 saturated carbocycles. The number of fused-ring (bicyclic) bond motifs is 4. The van der Waals surface area contributed by atoms with E-state index in [4.69, 9.17) is 16.0 Å². The van der Waals surface area contributed by atoms with E-state index >= 15 is 0 Å². The van der Waals surface area contributed by atoms with E-state index in [0.29, 0.717) is 34.5 Å². The highest BCUT2D eigenvalue weighted by atomic mass is 35.5. The predicted molar refractivity (Wildman–Crippen MR) is 129 cm³/mol. The highest BCUT2D eigenvalue weighted by Gasteiger charge is 2.44. The second kappa shape index (κ2) is 8.34. The number of urea groups is 1. The van der Waals surface area contributed by atoms with E-state index in [1.54, 1.807) is 18.3 Å². The number of amides is 3. The van der Waals surface area contributed by atoms with Gasteiger partial charge in [0.2, 0.25) is 0 Å². The van der Waals surface area contributed by atoms with Gasteiger partial charge in [0.25, 0.3) is 5.91 Å². The minimum atomic E-state index is -0.516. The topological polar surface area (TPSA) is 92.4 Å². The molecule has 1 unspecified atom stereocenters. The van der Waals surface area contributed by atoms with Crippen LogP contribution < -0.4 is 10.6 Å². The number of piperidine rings is 1. The summed E-state index contributed by atoms with van der Waals surface area (Å²) in [6, 6.07) is 3.35. The van der Waals surface area contributed by atoms with Crippen molar-refractivity contribution >= 4 is 40.2 Å². The molecule has 3 aliphatic rings. The van der Waals surface area contributed by atoms with Crippen molar-refractivity contribution in [1.82, 2.24) is 19.8 Å². The average Bonchev–Trinajstić information content (AvgIpc) is 3.49. The summed E-state index contributed by atoms with van der Waals surface area (Å²) in [5.41, 5.74) is 1.61. The number of likely N-dealkylation sites (tertiary alicyclic amines) is 1. The summed E-state index contributed by atoms with van der Waals surface area (Å²) < 4.78 is 8.35. The number of halogens is 1. The van der Waals surface area contributed by atoms with E-state index in [2.05, 4.69) is 20.2 Å². The fourth-order valence-electron chi connectivity index (χ4n) is 6.04. The number of rotatable bonds is 3. The van der Waals surface area contributed by atoms with Crippen LogP contribution in [0.3, 0.4) is 0 Å². The third-order valence-corrected chi connectivity index (χ3v) is 7.88. The van der Waals surface area contributed by atoms with Crippen molar-refractivity contribution in [2.75, 3.05) is 18.4 Å². The number of furan rings is 1. The van der Waals surface area contributed by atoms with Gasteiger partial charge in [-0.3, -0.25) is 4.79 Å². The molecule has 0 bridgehead atoms. The third-order valence-electron chi connectivity index (χ3n) is 7.58. The van der Waals surface area contributed by atoms with Crippen molar-refractivity contribution in [3.8, 4) is 0 Å². The quantitative estimate of drug-likeness (QED) is 0.542. The molecule has 178 valence electrons. The van der Waals surface area contributed by atoms with Crippen molar-refractivity contribution in [3.05, 3.63) is 47.2 Å². The van der Waals surface area contributed by atoms with Gasteiger partial charge in [0, 0.05) is 43.0 Å². The normalized spacial score (nSPS) is 21.9. The van der Waals surface area contributed by atoms with Crippen LogP contribution in [-0.4, -0.2) is 39.5 Å². The Bertz CT molecular complexity index is 1250. The van der Waals surface area contributed by atoms with Crippen LogP contribution in [0.5, 0.6) is 0 Å². The molecule has 3 aromatic rings. The summed E-state index contributed by atoms with van der Waals surface area (Å²) in [6.07, 6.45) is 12.4.